The standard InChI is InChI=1S/C13H18N2O4/c1-19-11-3-2-9(6-10(11)16)12(17)15-8-13(18)4-5-14-7-13/h2-3,6,14,16,18H,4-5,7-8H2,1H3,(H,15,17). The first kappa shape index (κ1) is 13.6. The summed E-state index contributed by atoms with van der Waals surface area (Å²) >= 11 is 0. The van der Waals surface area contributed by atoms with Gasteiger partial charge in [-0.15, -0.1) is 0 Å². The number of amides is 1. The van der Waals surface area contributed by atoms with Gasteiger partial charge in [0.15, 0.2) is 11.5 Å². The van der Waals surface area contributed by atoms with E-state index in [0.29, 0.717) is 24.3 Å². The van der Waals surface area contributed by atoms with Crippen molar-refractivity contribution in [1.82, 2.24) is 10.6 Å². The van der Waals surface area contributed by atoms with Gasteiger partial charge in [0.2, 0.25) is 0 Å². The summed E-state index contributed by atoms with van der Waals surface area (Å²) in [6, 6.07) is 4.42. The fourth-order valence-electron chi connectivity index (χ4n) is 2.06. The third-order valence-electron chi connectivity index (χ3n) is 3.24. The summed E-state index contributed by atoms with van der Waals surface area (Å²) in [4.78, 5) is 11.9. The number of aliphatic hydroxyl groups is 1. The van der Waals surface area contributed by atoms with E-state index in [1.54, 1.807) is 6.07 Å². The zero-order chi connectivity index (χ0) is 13.9. The van der Waals surface area contributed by atoms with Crippen LogP contribution in [0.3, 0.4) is 0 Å². The minimum absolute atomic E-state index is 0.0867. The number of phenols is 1. The van der Waals surface area contributed by atoms with Crippen molar-refractivity contribution < 1.29 is 19.7 Å². The largest absolute Gasteiger partial charge is 0.504 e. The SMILES string of the molecule is COc1ccc(C(=O)NCC2(O)CCNC2)cc1O. The van der Waals surface area contributed by atoms with Crippen LogP contribution in [0.2, 0.25) is 0 Å². The first-order valence-electron chi connectivity index (χ1n) is 6.12. The highest BCUT2D eigenvalue weighted by Gasteiger charge is 2.31. The molecule has 19 heavy (non-hydrogen) atoms. The Balaban J connectivity index is 1.98. The molecule has 6 heteroatoms. The van der Waals surface area contributed by atoms with Gasteiger partial charge in [-0.25, -0.2) is 0 Å². The van der Waals surface area contributed by atoms with Crippen LogP contribution in [0.15, 0.2) is 18.2 Å². The Hall–Kier alpha value is -1.79. The van der Waals surface area contributed by atoms with E-state index in [1.807, 2.05) is 0 Å². The van der Waals surface area contributed by atoms with Gasteiger partial charge in [-0.1, -0.05) is 0 Å². The van der Waals surface area contributed by atoms with E-state index in [9.17, 15) is 15.0 Å². The number of benzene rings is 1. The molecule has 0 aliphatic carbocycles. The molecule has 0 radical (unpaired) electrons. The van der Waals surface area contributed by atoms with E-state index in [0.717, 1.165) is 6.54 Å². The molecular weight excluding hydrogens is 248 g/mol. The van der Waals surface area contributed by atoms with Gasteiger partial charge in [0.05, 0.1) is 12.7 Å². The summed E-state index contributed by atoms with van der Waals surface area (Å²) in [5.41, 5.74) is -0.558. The van der Waals surface area contributed by atoms with E-state index in [1.165, 1.54) is 19.2 Å². The summed E-state index contributed by atoms with van der Waals surface area (Å²) in [5, 5.41) is 25.4. The first-order valence-corrected chi connectivity index (χ1v) is 6.12. The second-order valence-electron chi connectivity index (χ2n) is 4.72. The van der Waals surface area contributed by atoms with Crippen molar-refractivity contribution in [3.63, 3.8) is 0 Å². The molecule has 0 spiro atoms. The Kier molecular flexibility index (Phi) is 3.92. The van der Waals surface area contributed by atoms with Gasteiger partial charge < -0.3 is 25.6 Å². The Morgan fingerprint density at radius 3 is 2.95 bits per heavy atom. The Morgan fingerprint density at radius 2 is 2.37 bits per heavy atom. The lowest BCUT2D eigenvalue weighted by molar-refractivity contribution is 0.0562. The fraction of sp³-hybridized carbons (Fsp3) is 0.462. The topological polar surface area (TPSA) is 90.8 Å². The normalized spacial score (nSPS) is 22.2. The quantitative estimate of drug-likeness (QED) is 0.609. The molecule has 0 aromatic heterocycles. The average molecular weight is 266 g/mol. The van der Waals surface area contributed by atoms with Gasteiger partial charge in [-0.2, -0.15) is 0 Å². The molecule has 1 saturated heterocycles. The molecule has 4 N–H and O–H groups in total. The number of aromatic hydroxyl groups is 1. The zero-order valence-electron chi connectivity index (χ0n) is 10.8. The summed E-state index contributed by atoms with van der Waals surface area (Å²) in [5.74, 6) is -0.107. The van der Waals surface area contributed by atoms with Crippen molar-refractivity contribution in [3.8, 4) is 11.5 Å². The van der Waals surface area contributed by atoms with Crippen molar-refractivity contribution in [3.05, 3.63) is 23.8 Å². The number of nitrogens with one attached hydrogen (secondary N) is 2. The minimum atomic E-state index is -0.885. The van der Waals surface area contributed by atoms with Crippen LogP contribution >= 0.6 is 0 Å². The molecule has 1 heterocycles. The van der Waals surface area contributed by atoms with Crippen LogP contribution in [0, 0.1) is 0 Å². The molecule has 1 aliphatic rings. The zero-order valence-corrected chi connectivity index (χ0v) is 10.8. The highest BCUT2D eigenvalue weighted by atomic mass is 16.5. The molecule has 1 fully saturated rings. The molecule has 1 aliphatic heterocycles. The van der Waals surface area contributed by atoms with E-state index in [-0.39, 0.29) is 18.2 Å². The van der Waals surface area contributed by atoms with Crippen LogP contribution in [0.1, 0.15) is 16.8 Å². The number of hydrogen-bond donors (Lipinski definition) is 4. The molecule has 1 aromatic rings. The van der Waals surface area contributed by atoms with Crippen LogP contribution in [0.25, 0.3) is 0 Å². The number of carbonyl (C=O) groups is 1. The fourth-order valence-corrected chi connectivity index (χ4v) is 2.06. The molecule has 1 unspecified atom stereocenters. The van der Waals surface area contributed by atoms with Crippen LogP contribution in [0.4, 0.5) is 0 Å². The first-order chi connectivity index (χ1) is 9.04. The maximum atomic E-state index is 11.9. The molecule has 104 valence electrons. The Morgan fingerprint density at radius 1 is 1.58 bits per heavy atom. The molecule has 0 saturated carbocycles. The van der Waals surface area contributed by atoms with Gasteiger partial charge in [0, 0.05) is 18.7 Å². The molecule has 0 bridgehead atoms. The van der Waals surface area contributed by atoms with Crippen LogP contribution < -0.4 is 15.4 Å². The Bertz CT molecular complexity index is 470. The van der Waals surface area contributed by atoms with Crippen LogP contribution in [-0.2, 0) is 0 Å². The second kappa shape index (κ2) is 5.46. The van der Waals surface area contributed by atoms with Crippen molar-refractivity contribution in [2.45, 2.75) is 12.0 Å². The number of ether oxygens (including phenoxy) is 1. The van der Waals surface area contributed by atoms with Gasteiger partial charge >= 0.3 is 0 Å². The maximum absolute atomic E-state index is 11.9. The van der Waals surface area contributed by atoms with Gasteiger partial charge in [0.25, 0.3) is 5.91 Å². The summed E-state index contributed by atoms with van der Waals surface area (Å²) in [7, 11) is 1.44. The number of rotatable bonds is 4. The third kappa shape index (κ3) is 3.15. The van der Waals surface area contributed by atoms with E-state index < -0.39 is 5.60 Å². The van der Waals surface area contributed by atoms with Gasteiger partial charge in [-0.05, 0) is 31.2 Å². The molecule has 2 rings (SSSR count). The summed E-state index contributed by atoms with van der Waals surface area (Å²) in [6.45, 7) is 1.41. The molecule has 1 atom stereocenters. The number of hydrogen-bond acceptors (Lipinski definition) is 5. The van der Waals surface area contributed by atoms with Crippen LogP contribution in [0.5, 0.6) is 11.5 Å². The predicted molar refractivity (Wildman–Crippen MR) is 69.4 cm³/mol. The van der Waals surface area contributed by atoms with Crippen molar-refractivity contribution >= 4 is 5.91 Å². The maximum Gasteiger partial charge on any atom is 0.251 e. The number of phenolic OH excluding ortho intramolecular Hbond substituents is 1. The minimum Gasteiger partial charge on any atom is -0.504 e. The average Bonchev–Trinajstić information content (AvgIpc) is 2.83. The lowest BCUT2D eigenvalue weighted by atomic mass is 10.0. The molecule has 6 nitrogen and oxygen atoms in total. The van der Waals surface area contributed by atoms with Crippen LogP contribution in [-0.4, -0.2) is 48.5 Å². The van der Waals surface area contributed by atoms with Gasteiger partial charge in [-0.3, -0.25) is 4.79 Å². The highest BCUT2D eigenvalue weighted by molar-refractivity contribution is 5.94. The Labute approximate surface area is 111 Å². The summed E-state index contributed by atoms with van der Waals surface area (Å²) in [6.07, 6.45) is 0.612. The third-order valence-corrected chi connectivity index (χ3v) is 3.24. The summed E-state index contributed by atoms with van der Waals surface area (Å²) < 4.78 is 4.91. The van der Waals surface area contributed by atoms with E-state index in [2.05, 4.69) is 10.6 Å². The van der Waals surface area contributed by atoms with Gasteiger partial charge in [0.1, 0.15) is 0 Å². The molecular formula is C13H18N2O4. The van der Waals surface area contributed by atoms with Crippen molar-refractivity contribution in [1.29, 1.82) is 0 Å². The highest BCUT2D eigenvalue weighted by Crippen LogP contribution is 2.26. The number of β-amino-alcohol motifs (C(OH)–C–C–N with tert-alkyl or cyclic N) is 1. The van der Waals surface area contributed by atoms with Crippen molar-refractivity contribution in [2.75, 3.05) is 26.7 Å². The van der Waals surface area contributed by atoms with E-state index in [4.69, 9.17) is 4.74 Å². The lowest BCUT2D eigenvalue weighted by Gasteiger charge is -2.21. The monoisotopic (exact) mass is 266 g/mol. The predicted octanol–water partition coefficient (Wildman–Crippen LogP) is -0.145. The molecule has 1 amide bonds. The number of carbonyl (C=O) groups excluding carboxylic acids is 1. The van der Waals surface area contributed by atoms with Crippen molar-refractivity contribution in [2.24, 2.45) is 0 Å². The smallest absolute Gasteiger partial charge is 0.251 e. The second-order valence-corrected chi connectivity index (χ2v) is 4.72. The number of methoxy groups -OCH3 is 1. The lowest BCUT2D eigenvalue weighted by Crippen LogP contribution is -2.44. The van der Waals surface area contributed by atoms with E-state index >= 15 is 0 Å². The molecule has 1 aromatic carbocycles.